The minimum absolute atomic E-state index is 0.0659. The van der Waals surface area contributed by atoms with E-state index in [1.807, 2.05) is 24.3 Å². The van der Waals surface area contributed by atoms with E-state index in [0.717, 1.165) is 30.5 Å². The zero-order chi connectivity index (χ0) is 14.5. The van der Waals surface area contributed by atoms with Crippen molar-refractivity contribution >= 4 is 28.4 Å². The first-order valence-electron chi connectivity index (χ1n) is 7.04. The highest BCUT2D eigenvalue weighted by atomic mass is 35.5. The van der Waals surface area contributed by atoms with E-state index in [9.17, 15) is 4.79 Å². The fourth-order valence-electron chi connectivity index (χ4n) is 2.28. The van der Waals surface area contributed by atoms with Crippen LogP contribution in [0.5, 0.6) is 0 Å². The molecule has 5 heteroatoms. The van der Waals surface area contributed by atoms with E-state index in [1.54, 1.807) is 0 Å². The normalized spacial score (nSPS) is 11.2. The fourth-order valence-corrected chi connectivity index (χ4v) is 2.46. The lowest BCUT2D eigenvalue weighted by atomic mass is 10.2. The second-order valence-electron chi connectivity index (χ2n) is 4.88. The molecule has 0 radical (unpaired) electrons. The van der Waals surface area contributed by atoms with E-state index in [1.165, 1.54) is 4.90 Å². The average Bonchev–Trinajstić information content (AvgIpc) is 2.86. The maximum absolute atomic E-state index is 12.1. The molecule has 3 N–H and O–H groups in total. The second kappa shape index (κ2) is 6.77. The Labute approximate surface area is 124 Å². The Hall–Kier alpha value is -1.52. The zero-order valence-electron chi connectivity index (χ0n) is 11.9. The van der Waals surface area contributed by atoms with Crippen LogP contribution in [-0.2, 0) is 0 Å². The van der Waals surface area contributed by atoms with Crippen LogP contribution in [0.15, 0.2) is 24.3 Å². The first-order chi connectivity index (χ1) is 9.63. The summed E-state index contributed by atoms with van der Waals surface area (Å²) in [6, 6.07) is 7.38. The van der Waals surface area contributed by atoms with Crippen LogP contribution >= 0.6 is 11.6 Å². The molecule has 0 saturated carbocycles. The van der Waals surface area contributed by atoms with Crippen molar-refractivity contribution in [2.45, 2.75) is 13.8 Å². The van der Waals surface area contributed by atoms with Gasteiger partial charge in [-0.25, -0.2) is 0 Å². The lowest BCUT2D eigenvalue weighted by Crippen LogP contribution is -3.12. The molecule has 1 heterocycles. The summed E-state index contributed by atoms with van der Waals surface area (Å²) < 4.78 is 0. The molecule has 0 atom stereocenters. The van der Waals surface area contributed by atoms with Gasteiger partial charge in [0, 0.05) is 15.9 Å². The Kier molecular flexibility index (Phi) is 5.04. The van der Waals surface area contributed by atoms with Gasteiger partial charge in [-0.05, 0) is 38.1 Å². The van der Waals surface area contributed by atoms with Gasteiger partial charge in [0.15, 0.2) is 0 Å². The van der Waals surface area contributed by atoms with Crippen molar-refractivity contribution in [2.24, 2.45) is 0 Å². The second-order valence-corrected chi connectivity index (χ2v) is 5.31. The average molecular weight is 295 g/mol. The van der Waals surface area contributed by atoms with Crippen molar-refractivity contribution in [3.63, 3.8) is 0 Å². The Bertz CT molecular complexity index is 590. The van der Waals surface area contributed by atoms with Crippen molar-refractivity contribution < 1.29 is 9.69 Å². The number of rotatable bonds is 6. The SMILES string of the molecule is CC[NH+](CC)CCNC(=O)c1cc2cc(Cl)ccc2[nH]1. The number of hydrogen-bond acceptors (Lipinski definition) is 1. The van der Waals surface area contributed by atoms with E-state index < -0.39 is 0 Å². The summed E-state index contributed by atoms with van der Waals surface area (Å²) in [5.74, 6) is -0.0659. The standard InChI is InChI=1S/C15H20ClN3O/c1-3-19(4-2)8-7-17-15(20)14-10-11-9-12(16)5-6-13(11)18-14/h5-6,9-10,18H,3-4,7-8H2,1-2H3,(H,17,20)/p+1. The van der Waals surface area contributed by atoms with Crippen LogP contribution in [0, 0.1) is 0 Å². The number of hydrogen-bond donors (Lipinski definition) is 3. The number of H-pyrrole nitrogens is 1. The minimum Gasteiger partial charge on any atom is -0.351 e. The third kappa shape index (κ3) is 3.52. The van der Waals surface area contributed by atoms with Crippen molar-refractivity contribution in [3.05, 3.63) is 35.0 Å². The molecule has 0 aliphatic rings. The van der Waals surface area contributed by atoms with Crippen molar-refractivity contribution in [1.29, 1.82) is 0 Å². The van der Waals surface area contributed by atoms with Gasteiger partial charge in [0.05, 0.1) is 26.2 Å². The predicted octanol–water partition coefficient (Wildman–Crippen LogP) is 1.48. The van der Waals surface area contributed by atoms with E-state index in [2.05, 4.69) is 24.1 Å². The van der Waals surface area contributed by atoms with Gasteiger partial charge in [0.1, 0.15) is 5.69 Å². The third-order valence-electron chi connectivity index (χ3n) is 3.59. The Balaban J connectivity index is 1.97. The molecule has 2 rings (SSSR count). The van der Waals surface area contributed by atoms with Crippen molar-refractivity contribution in [2.75, 3.05) is 26.2 Å². The smallest absolute Gasteiger partial charge is 0.267 e. The number of likely N-dealkylation sites (N-methyl/N-ethyl adjacent to an activating group) is 1. The number of quaternary nitrogens is 1. The molecular formula is C15H21ClN3O+. The largest absolute Gasteiger partial charge is 0.351 e. The molecule has 0 aliphatic heterocycles. The van der Waals surface area contributed by atoms with E-state index in [4.69, 9.17) is 11.6 Å². The Morgan fingerprint density at radius 1 is 1.30 bits per heavy atom. The van der Waals surface area contributed by atoms with Crippen LogP contribution in [-0.4, -0.2) is 37.1 Å². The summed E-state index contributed by atoms with van der Waals surface area (Å²) in [6.07, 6.45) is 0. The van der Waals surface area contributed by atoms with Gasteiger partial charge in [-0.2, -0.15) is 0 Å². The molecule has 2 aromatic rings. The molecule has 0 fully saturated rings. The molecule has 20 heavy (non-hydrogen) atoms. The molecule has 1 amide bonds. The number of halogens is 1. The highest BCUT2D eigenvalue weighted by molar-refractivity contribution is 6.31. The summed E-state index contributed by atoms with van der Waals surface area (Å²) in [5.41, 5.74) is 1.51. The van der Waals surface area contributed by atoms with Crippen LogP contribution in [0.25, 0.3) is 10.9 Å². The highest BCUT2D eigenvalue weighted by Crippen LogP contribution is 2.19. The fraction of sp³-hybridized carbons (Fsp3) is 0.400. The number of carbonyl (C=O) groups excluding carboxylic acids is 1. The molecule has 0 unspecified atom stereocenters. The van der Waals surface area contributed by atoms with Crippen molar-refractivity contribution in [1.82, 2.24) is 10.3 Å². The number of nitrogens with one attached hydrogen (secondary N) is 3. The summed E-state index contributed by atoms with van der Waals surface area (Å²) in [5, 5.41) is 4.58. The molecule has 0 aliphatic carbocycles. The van der Waals surface area contributed by atoms with E-state index >= 15 is 0 Å². The number of amides is 1. The first-order valence-corrected chi connectivity index (χ1v) is 7.41. The van der Waals surface area contributed by atoms with Gasteiger partial charge in [0.2, 0.25) is 0 Å². The molecular weight excluding hydrogens is 274 g/mol. The number of aromatic amines is 1. The summed E-state index contributed by atoms with van der Waals surface area (Å²) in [7, 11) is 0. The number of aromatic nitrogens is 1. The quantitative estimate of drug-likeness (QED) is 0.742. The summed E-state index contributed by atoms with van der Waals surface area (Å²) in [4.78, 5) is 16.7. The van der Waals surface area contributed by atoms with Gasteiger partial charge in [0.25, 0.3) is 5.91 Å². The van der Waals surface area contributed by atoms with Gasteiger partial charge in [-0.15, -0.1) is 0 Å². The van der Waals surface area contributed by atoms with Gasteiger partial charge >= 0.3 is 0 Å². The zero-order valence-corrected chi connectivity index (χ0v) is 12.7. The summed E-state index contributed by atoms with van der Waals surface area (Å²) >= 11 is 5.94. The number of benzene rings is 1. The predicted molar refractivity (Wildman–Crippen MR) is 82.6 cm³/mol. The maximum atomic E-state index is 12.1. The van der Waals surface area contributed by atoms with Crippen LogP contribution in [0.4, 0.5) is 0 Å². The molecule has 1 aromatic heterocycles. The number of carbonyl (C=O) groups is 1. The van der Waals surface area contributed by atoms with Crippen LogP contribution in [0.2, 0.25) is 5.02 Å². The van der Waals surface area contributed by atoms with Crippen LogP contribution in [0.1, 0.15) is 24.3 Å². The number of fused-ring (bicyclic) bond motifs is 1. The maximum Gasteiger partial charge on any atom is 0.267 e. The molecule has 108 valence electrons. The third-order valence-corrected chi connectivity index (χ3v) is 3.83. The van der Waals surface area contributed by atoms with E-state index in [-0.39, 0.29) is 5.91 Å². The van der Waals surface area contributed by atoms with Crippen LogP contribution < -0.4 is 10.2 Å². The van der Waals surface area contributed by atoms with Gasteiger partial charge in [-0.1, -0.05) is 11.6 Å². The van der Waals surface area contributed by atoms with Crippen LogP contribution in [0.3, 0.4) is 0 Å². The van der Waals surface area contributed by atoms with E-state index in [0.29, 0.717) is 17.3 Å². The van der Waals surface area contributed by atoms with Gasteiger partial charge in [-0.3, -0.25) is 4.79 Å². The lowest BCUT2D eigenvalue weighted by molar-refractivity contribution is -0.895. The molecule has 4 nitrogen and oxygen atoms in total. The van der Waals surface area contributed by atoms with Crippen molar-refractivity contribution in [3.8, 4) is 0 Å². The summed E-state index contributed by atoms with van der Waals surface area (Å²) in [6.45, 7) is 8.11. The molecule has 0 spiro atoms. The molecule has 0 saturated heterocycles. The minimum atomic E-state index is -0.0659. The Morgan fingerprint density at radius 3 is 2.75 bits per heavy atom. The molecule has 0 bridgehead atoms. The Morgan fingerprint density at radius 2 is 2.05 bits per heavy atom. The van der Waals surface area contributed by atoms with Gasteiger partial charge < -0.3 is 15.2 Å². The highest BCUT2D eigenvalue weighted by Gasteiger charge is 2.10. The first kappa shape index (κ1) is 14.9. The topological polar surface area (TPSA) is 49.3 Å². The molecule has 1 aromatic carbocycles. The monoisotopic (exact) mass is 294 g/mol. The lowest BCUT2D eigenvalue weighted by Gasteiger charge is -2.15.